The van der Waals surface area contributed by atoms with E-state index in [0.29, 0.717) is 13.1 Å². The molecule has 154 valence electrons. The first-order valence-electron chi connectivity index (χ1n) is 9.13. The molecule has 0 spiro atoms. The van der Waals surface area contributed by atoms with Gasteiger partial charge in [0, 0.05) is 47.0 Å². The number of hydrogen-bond acceptors (Lipinski definition) is 6. The molecule has 1 atom stereocenters. The number of hydrogen-bond donors (Lipinski definition) is 1. The van der Waals surface area contributed by atoms with Crippen molar-refractivity contribution in [1.82, 2.24) is 30.0 Å². The van der Waals surface area contributed by atoms with Crippen LogP contribution in [-0.4, -0.2) is 70.5 Å². The summed E-state index contributed by atoms with van der Waals surface area (Å²) in [5.41, 5.74) is 1.16. The highest BCUT2D eigenvalue weighted by molar-refractivity contribution is 14.0. The van der Waals surface area contributed by atoms with E-state index in [-0.39, 0.29) is 30.1 Å². The van der Waals surface area contributed by atoms with Gasteiger partial charge in [0.1, 0.15) is 18.0 Å². The number of guanidine groups is 1. The van der Waals surface area contributed by atoms with Gasteiger partial charge in [-0.05, 0) is 24.6 Å². The number of ether oxygens (including phenoxy) is 1. The van der Waals surface area contributed by atoms with Crippen LogP contribution >= 0.6 is 24.0 Å². The number of halogens is 1. The van der Waals surface area contributed by atoms with Crippen molar-refractivity contribution in [2.45, 2.75) is 26.1 Å². The van der Waals surface area contributed by atoms with E-state index in [4.69, 9.17) is 4.74 Å². The fourth-order valence-electron chi connectivity index (χ4n) is 3.09. The fraction of sp³-hybridized carbons (Fsp3) is 0.556. The molecule has 1 aliphatic rings. The maximum absolute atomic E-state index is 5.62. The summed E-state index contributed by atoms with van der Waals surface area (Å²) in [5.74, 6) is 2.68. The van der Waals surface area contributed by atoms with Crippen molar-refractivity contribution >= 4 is 35.8 Å². The Hall–Kier alpha value is -1.95. The van der Waals surface area contributed by atoms with E-state index < -0.39 is 0 Å². The molecular formula is C18H29IN8O. The zero-order valence-corrected chi connectivity index (χ0v) is 19.2. The van der Waals surface area contributed by atoms with E-state index in [1.165, 1.54) is 0 Å². The molecule has 3 heterocycles. The molecule has 0 saturated carbocycles. The molecule has 1 N–H and O–H groups in total. The maximum atomic E-state index is 5.62. The SMILES string of the molecule is CN=C(NCc1ccnc(N2CCOC(C)C2)c1)N(C)Cc1ncnn1C.I. The molecule has 0 aliphatic carbocycles. The summed E-state index contributed by atoms with van der Waals surface area (Å²) in [4.78, 5) is 17.4. The van der Waals surface area contributed by atoms with Gasteiger partial charge in [-0.2, -0.15) is 5.10 Å². The minimum absolute atomic E-state index is 0. The van der Waals surface area contributed by atoms with Crippen LogP contribution in [0.1, 0.15) is 18.3 Å². The second-order valence-corrected chi connectivity index (χ2v) is 6.71. The van der Waals surface area contributed by atoms with Crippen molar-refractivity contribution in [2.24, 2.45) is 12.0 Å². The third-order valence-corrected chi connectivity index (χ3v) is 4.58. The summed E-state index contributed by atoms with van der Waals surface area (Å²) in [6.45, 7) is 5.87. The number of aliphatic imine (C=N–C) groups is 1. The average molecular weight is 500 g/mol. The van der Waals surface area contributed by atoms with Gasteiger partial charge in [-0.3, -0.25) is 9.67 Å². The van der Waals surface area contributed by atoms with Crippen LogP contribution in [0.25, 0.3) is 0 Å². The van der Waals surface area contributed by atoms with Crippen LogP contribution in [0.3, 0.4) is 0 Å². The fourth-order valence-corrected chi connectivity index (χ4v) is 3.09. The highest BCUT2D eigenvalue weighted by Crippen LogP contribution is 2.16. The molecule has 9 nitrogen and oxygen atoms in total. The largest absolute Gasteiger partial charge is 0.375 e. The van der Waals surface area contributed by atoms with Gasteiger partial charge in [-0.15, -0.1) is 24.0 Å². The lowest BCUT2D eigenvalue weighted by molar-refractivity contribution is 0.0529. The first-order chi connectivity index (χ1) is 13.1. The molecule has 1 fully saturated rings. The first kappa shape index (κ1) is 22.3. The van der Waals surface area contributed by atoms with Gasteiger partial charge >= 0.3 is 0 Å². The minimum atomic E-state index is 0. The summed E-state index contributed by atoms with van der Waals surface area (Å²) in [7, 11) is 5.65. The molecule has 1 saturated heterocycles. The van der Waals surface area contributed by atoms with Gasteiger partial charge in [0.05, 0.1) is 19.3 Å². The summed E-state index contributed by atoms with van der Waals surface area (Å²) in [6, 6.07) is 4.15. The van der Waals surface area contributed by atoms with Crippen molar-refractivity contribution in [3.8, 4) is 0 Å². The van der Waals surface area contributed by atoms with Gasteiger partial charge in [-0.1, -0.05) is 0 Å². The van der Waals surface area contributed by atoms with Gasteiger partial charge in [-0.25, -0.2) is 9.97 Å². The number of rotatable bonds is 5. The van der Waals surface area contributed by atoms with Crippen LogP contribution in [0.2, 0.25) is 0 Å². The van der Waals surface area contributed by atoms with Crippen LogP contribution in [0.4, 0.5) is 5.82 Å². The summed E-state index contributed by atoms with van der Waals surface area (Å²) >= 11 is 0. The van der Waals surface area contributed by atoms with Crippen molar-refractivity contribution in [1.29, 1.82) is 0 Å². The Balaban J connectivity index is 0.00000280. The quantitative estimate of drug-likeness (QED) is 0.376. The average Bonchev–Trinajstić information content (AvgIpc) is 3.07. The van der Waals surface area contributed by atoms with E-state index in [1.54, 1.807) is 18.1 Å². The molecule has 28 heavy (non-hydrogen) atoms. The van der Waals surface area contributed by atoms with Crippen LogP contribution in [0.5, 0.6) is 0 Å². The Bertz CT molecular complexity index is 780. The third kappa shape index (κ3) is 5.77. The Labute approximate surface area is 183 Å². The Morgan fingerprint density at radius 2 is 2.25 bits per heavy atom. The number of morpholine rings is 1. The summed E-state index contributed by atoms with van der Waals surface area (Å²) in [6.07, 6.45) is 3.65. The highest BCUT2D eigenvalue weighted by Gasteiger charge is 2.18. The molecule has 3 rings (SSSR count). The van der Waals surface area contributed by atoms with E-state index >= 15 is 0 Å². The molecule has 1 unspecified atom stereocenters. The zero-order valence-electron chi connectivity index (χ0n) is 16.9. The van der Waals surface area contributed by atoms with Crippen LogP contribution in [-0.2, 0) is 24.9 Å². The van der Waals surface area contributed by atoms with Gasteiger partial charge < -0.3 is 19.9 Å². The van der Waals surface area contributed by atoms with E-state index in [0.717, 1.165) is 42.9 Å². The predicted molar refractivity (Wildman–Crippen MR) is 120 cm³/mol. The molecule has 0 bridgehead atoms. The van der Waals surface area contributed by atoms with E-state index in [2.05, 4.69) is 43.3 Å². The predicted octanol–water partition coefficient (Wildman–Crippen LogP) is 1.26. The van der Waals surface area contributed by atoms with Crippen LogP contribution in [0, 0.1) is 0 Å². The van der Waals surface area contributed by atoms with E-state index in [9.17, 15) is 0 Å². The summed E-state index contributed by atoms with van der Waals surface area (Å²) < 4.78 is 7.38. The lowest BCUT2D eigenvalue weighted by Gasteiger charge is -2.32. The standard InChI is InChI=1S/C18H28N8O.HI/c1-14-11-26(7-8-27-14)16-9-15(5-6-20-16)10-21-18(19-2)24(3)12-17-22-13-23-25(17)4;/h5-6,9,13-14H,7-8,10-12H2,1-4H3,(H,19,21);1H. The van der Waals surface area contributed by atoms with Crippen molar-refractivity contribution in [2.75, 3.05) is 38.7 Å². The Morgan fingerprint density at radius 3 is 2.93 bits per heavy atom. The molecule has 0 aromatic carbocycles. The first-order valence-corrected chi connectivity index (χ1v) is 9.13. The van der Waals surface area contributed by atoms with Crippen molar-refractivity contribution in [3.63, 3.8) is 0 Å². The number of aryl methyl sites for hydroxylation is 1. The number of anilines is 1. The second kappa shape index (κ2) is 10.6. The Morgan fingerprint density at radius 1 is 1.43 bits per heavy atom. The number of pyridine rings is 1. The lowest BCUT2D eigenvalue weighted by atomic mass is 10.2. The van der Waals surface area contributed by atoms with Crippen molar-refractivity contribution < 1.29 is 4.74 Å². The number of nitrogens with zero attached hydrogens (tertiary/aromatic N) is 7. The van der Waals surface area contributed by atoms with Crippen LogP contribution < -0.4 is 10.2 Å². The normalized spacial score (nSPS) is 17.2. The molecule has 2 aromatic rings. The molecule has 1 aliphatic heterocycles. The van der Waals surface area contributed by atoms with Crippen molar-refractivity contribution in [3.05, 3.63) is 36.0 Å². The topological polar surface area (TPSA) is 83.7 Å². The van der Waals surface area contributed by atoms with Gasteiger partial charge in [0.2, 0.25) is 0 Å². The molecule has 10 heteroatoms. The maximum Gasteiger partial charge on any atom is 0.194 e. The number of aromatic nitrogens is 4. The highest BCUT2D eigenvalue weighted by atomic mass is 127. The zero-order chi connectivity index (χ0) is 19.2. The monoisotopic (exact) mass is 500 g/mol. The van der Waals surface area contributed by atoms with Gasteiger partial charge in [0.25, 0.3) is 0 Å². The Kier molecular flexibility index (Phi) is 8.42. The molecule has 0 amide bonds. The molecular weight excluding hydrogens is 471 g/mol. The molecule has 0 radical (unpaired) electrons. The third-order valence-electron chi connectivity index (χ3n) is 4.58. The lowest BCUT2D eigenvalue weighted by Crippen LogP contribution is -2.41. The number of nitrogens with one attached hydrogen (secondary N) is 1. The van der Waals surface area contributed by atoms with Gasteiger partial charge in [0.15, 0.2) is 5.96 Å². The summed E-state index contributed by atoms with van der Waals surface area (Å²) in [5, 5.41) is 7.51. The van der Waals surface area contributed by atoms with Crippen LogP contribution in [0.15, 0.2) is 29.6 Å². The second-order valence-electron chi connectivity index (χ2n) is 6.71. The smallest absolute Gasteiger partial charge is 0.194 e. The molecule has 2 aromatic heterocycles. The van der Waals surface area contributed by atoms with E-state index in [1.807, 2.05) is 31.3 Å². The minimum Gasteiger partial charge on any atom is -0.375 e.